The van der Waals surface area contributed by atoms with Crippen molar-refractivity contribution in [2.75, 3.05) is 10.6 Å². The molecule has 0 atom stereocenters. The highest BCUT2D eigenvalue weighted by molar-refractivity contribution is 6.03. The van der Waals surface area contributed by atoms with Gasteiger partial charge in [-0.2, -0.15) is 0 Å². The number of nitrogens with one attached hydrogen (secondary N) is 2. The highest BCUT2D eigenvalue weighted by atomic mass is 16.1. The number of benzene rings is 1. The predicted molar refractivity (Wildman–Crippen MR) is 101 cm³/mol. The number of rotatable bonds is 4. The third-order valence-corrected chi connectivity index (χ3v) is 4.74. The summed E-state index contributed by atoms with van der Waals surface area (Å²) in [7, 11) is 0. The van der Waals surface area contributed by atoms with Gasteiger partial charge in [-0.15, -0.1) is 0 Å². The lowest BCUT2D eigenvalue weighted by Crippen LogP contribution is -2.24. The van der Waals surface area contributed by atoms with Crippen LogP contribution in [0, 0.1) is 20.8 Å². The molecule has 132 valence electrons. The summed E-state index contributed by atoms with van der Waals surface area (Å²) < 4.78 is 0. The minimum absolute atomic E-state index is 0.204. The molecule has 1 amide bonds. The van der Waals surface area contributed by atoms with Gasteiger partial charge in [-0.1, -0.05) is 37.0 Å². The van der Waals surface area contributed by atoms with Crippen LogP contribution < -0.4 is 10.6 Å². The van der Waals surface area contributed by atoms with Crippen LogP contribution in [0.15, 0.2) is 24.4 Å². The first kappa shape index (κ1) is 17.4. The number of hydrogen-bond acceptors (Lipinski definition) is 4. The van der Waals surface area contributed by atoms with Crippen LogP contribution in [0.25, 0.3) is 0 Å². The summed E-state index contributed by atoms with van der Waals surface area (Å²) in [6.45, 7) is 6.07. The number of nitrogens with zero attached hydrogens (tertiary/aromatic N) is 2. The number of carbonyl (C=O) groups is 1. The third kappa shape index (κ3) is 4.35. The Hall–Kier alpha value is -2.43. The van der Waals surface area contributed by atoms with Crippen molar-refractivity contribution in [3.63, 3.8) is 0 Å². The molecule has 5 nitrogen and oxygen atoms in total. The lowest BCUT2D eigenvalue weighted by atomic mass is 9.96. The van der Waals surface area contributed by atoms with Gasteiger partial charge in [0.2, 0.25) is 5.95 Å². The van der Waals surface area contributed by atoms with Crippen molar-refractivity contribution >= 4 is 17.5 Å². The van der Waals surface area contributed by atoms with Gasteiger partial charge < -0.3 is 10.6 Å². The van der Waals surface area contributed by atoms with E-state index in [1.54, 1.807) is 12.3 Å². The quantitative estimate of drug-likeness (QED) is 0.867. The van der Waals surface area contributed by atoms with E-state index in [-0.39, 0.29) is 5.91 Å². The van der Waals surface area contributed by atoms with E-state index in [0.29, 0.717) is 17.7 Å². The molecule has 0 bridgehead atoms. The average Bonchev–Trinajstić information content (AvgIpc) is 2.59. The summed E-state index contributed by atoms with van der Waals surface area (Å²) in [6.07, 6.45) is 7.70. The molecule has 0 saturated heterocycles. The Labute approximate surface area is 149 Å². The summed E-state index contributed by atoms with van der Waals surface area (Å²) in [5, 5.41) is 6.36. The second-order valence-corrected chi connectivity index (χ2v) is 6.97. The molecule has 0 aliphatic heterocycles. The van der Waals surface area contributed by atoms with Crippen LogP contribution in [-0.4, -0.2) is 21.9 Å². The first-order valence-corrected chi connectivity index (χ1v) is 9.02. The van der Waals surface area contributed by atoms with Crippen molar-refractivity contribution in [2.24, 2.45) is 0 Å². The molecule has 2 N–H and O–H groups in total. The molecule has 5 heteroatoms. The van der Waals surface area contributed by atoms with Crippen LogP contribution in [0.1, 0.15) is 59.3 Å². The van der Waals surface area contributed by atoms with E-state index in [1.807, 2.05) is 13.8 Å². The second-order valence-electron chi connectivity index (χ2n) is 6.97. The Balaban J connectivity index is 1.73. The normalized spacial score (nSPS) is 15.0. The Kier molecular flexibility index (Phi) is 5.31. The molecule has 1 fully saturated rings. The summed E-state index contributed by atoms with van der Waals surface area (Å²) in [4.78, 5) is 21.3. The van der Waals surface area contributed by atoms with Crippen LogP contribution in [0.3, 0.4) is 0 Å². The van der Waals surface area contributed by atoms with Crippen LogP contribution >= 0.6 is 0 Å². The number of amides is 1. The zero-order valence-electron chi connectivity index (χ0n) is 15.2. The van der Waals surface area contributed by atoms with Crippen LogP contribution in [-0.2, 0) is 0 Å². The van der Waals surface area contributed by atoms with Gasteiger partial charge in [0, 0.05) is 17.9 Å². The number of hydrogen-bond donors (Lipinski definition) is 2. The van der Waals surface area contributed by atoms with Gasteiger partial charge in [-0.25, -0.2) is 9.97 Å². The maximum Gasteiger partial charge on any atom is 0.274 e. The first-order valence-electron chi connectivity index (χ1n) is 9.02. The maximum atomic E-state index is 12.6. The van der Waals surface area contributed by atoms with E-state index < -0.39 is 0 Å². The zero-order chi connectivity index (χ0) is 17.8. The molecule has 1 aliphatic rings. The fourth-order valence-corrected chi connectivity index (χ4v) is 3.54. The largest absolute Gasteiger partial charge is 0.351 e. The van der Waals surface area contributed by atoms with Crippen LogP contribution in [0.2, 0.25) is 0 Å². The number of carbonyl (C=O) groups excluding carboxylic acids is 1. The molecule has 1 aliphatic carbocycles. The molecule has 25 heavy (non-hydrogen) atoms. The highest BCUT2D eigenvalue weighted by Crippen LogP contribution is 2.23. The van der Waals surface area contributed by atoms with E-state index in [0.717, 1.165) is 29.7 Å². The number of aromatic nitrogens is 2. The molecule has 0 spiro atoms. The molecule has 1 heterocycles. The van der Waals surface area contributed by atoms with Crippen LogP contribution in [0.5, 0.6) is 0 Å². The topological polar surface area (TPSA) is 66.9 Å². The molecular weight excluding hydrogens is 312 g/mol. The van der Waals surface area contributed by atoms with Crippen LogP contribution in [0.4, 0.5) is 11.6 Å². The van der Waals surface area contributed by atoms with E-state index in [9.17, 15) is 4.79 Å². The third-order valence-electron chi connectivity index (χ3n) is 4.74. The van der Waals surface area contributed by atoms with E-state index >= 15 is 0 Å². The predicted octanol–water partition coefficient (Wildman–Crippen LogP) is 4.40. The molecular formula is C20H26N4O. The van der Waals surface area contributed by atoms with Gasteiger partial charge in [0.05, 0.1) is 0 Å². The Bertz CT molecular complexity index is 743. The summed E-state index contributed by atoms with van der Waals surface area (Å²) in [5.41, 5.74) is 4.54. The van der Waals surface area contributed by atoms with E-state index in [1.165, 1.54) is 24.8 Å². The lowest BCUT2D eigenvalue weighted by molar-refractivity contribution is 0.102. The first-order chi connectivity index (χ1) is 12.0. The highest BCUT2D eigenvalue weighted by Gasteiger charge is 2.16. The van der Waals surface area contributed by atoms with Crippen molar-refractivity contribution < 1.29 is 4.79 Å². The summed E-state index contributed by atoms with van der Waals surface area (Å²) >= 11 is 0. The standard InChI is InChI=1S/C20H26N4O/c1-13-11-14(2)18(15(3)12-13)24-19(25)17-9-10-21-20(23-17)22-16-7-5-4-6-8-16/h9-12,16H,4-8H2,1-3H3,(H,24,25)(H,21,22,23). The van der Waals surface area contributed by atoms with Crippen molar-refractivity contribution in [1.29, 1.82) is 0 Å². The number of anilines is 2. The summed E-state index contributed by atoms with van der Waals surface area (Å²) in [6, 6.07) is 6.20. The van der Waals surface area contributed by atoms with Crippen molar-refractivity contribution in [1.82, 2.24) is 9.97 Å². The Morgan fingerprint density at radius 1 is 1.08 bits per heavy atom. The minimum atomic E-state index is -0.204. The molecule has 1 saturated carbocycles. The van der Waals surface area contributed by atoms with Gasteiger partial charge in [0.1, 0.15) is 5.69 Å². The zero-order valence-corrected chi connectivity index (χ0v) is 15.2. The SMILES string of the molecule is Cc1cc(C)c(NC(=O)c2ccnc(NC3CCCCC3)n2)c(C)c1. The maximum absolute atomic E-state index is 12.6. The van der Waals surface area contributed by atoms with E-state index in [4.69, 9.17) is 0 Å². The smallest absolute Gasteiger partial charge is 0.274 e. The number of aryl methyl sites for hydroxylation is 3. The molecule has 2 aromatic rings. The Morgan fingerprint density at radius 2 is 1.76 bits per heavy atom. The fraction of sp³-hybridized carbons (Fsp3) is 0.450. The molecule has 0 radical (unpaired) electrons. The van der Waals surface area contributed by atoms with Crippen molar-refractivity contribution in [2.45, 2.75) is 58.9 Å². The van der Waals surface area contributed by atoms with Crippen molar-refractivity contribution in [3.8, 4) is 0 Å². The molecule has 1 aromatic carbocycles. The lowest BCUT2D eigenvalue weighted by Gasteiger charge is -2.22. The van der Waals surface area contributed by atoms with Gasteiger partial charge in [-0.3, -0.25) is 4.79 Å². The monoisotopic (exact) mass is 338 g/mol. The minimum Gasteiger partial charge on any atom is -0.351 e. The van der Waals surface area contributed by atoms with Gasteiger partial charge in [-0.05, 0) is 50.8 Å². The van der Waals surface area contributed by atoms with Crippen molar-refractivity contribution in [3.05, 3.63) is 46.8 Å². The summed E-state index contributed by atoms with van der Waals surface area (Å²) in [5.74, 6) is 0.334. The average molecular weight is 338 g/mol. The Morgan fingerprint density at radius 3 is 2.44 bits per heavy atom. The van der Waals surface area contributed by atoms with E-state index in [2.05, 4.69) is 39.7 Å². The molecule has 0 unspecified atom stereocenters. The fourth-order valence-electron chi connectivity index (χ4n) is 3.54. The second kappa shape index (κ2) is 7.64. The van der Waals surface area contributed by atoms with Gasteiger partial charge in [0.15, 0.2) is 0 Å². The van der Waals surface area contributed by atoms with Gasteiger partial charge in [0.25, 0.3) is 5.91 Å². The molecule has 3 rings (SSSR count). The van der Waals surface area contributed by atoms with Gasteiger partial charge >= 0.3 is 0 Å². The molecule has 1 aromatic heterocycles.